The van der Waals surface area contributed by atoms with Gasteiger partial charge in [0.05, 0.1) is 0 Å². The van der Waals surface area contributed by atoms with Crippen LogP contribution in [-0.4, -0.2) is 97.7 Å². The molecule has 0 bridgehead atoms. The first-order valence-electron chi connectivity index (χ1n) is 11.7. The number of rotatable bonds is 6. The molecule has 0 spiro atoms. The van der Waals surface area contributed by atoms with Crippen LogP contribution in [0.3, 0.4) is 0 Å². The molecule has 0 unspecified atom stereocenters. The summed E-state index contributed by atoms with van der Waals surface area (Å²) in [7, 11) is 0. The molecule has 8 heteroatoms. The number of piperidine rings is 1. The lowest BCUT2D eigenvalue weighted by Crippen LogP contribution is -2.52. The first-order valence-corrected chi connectivity index (χ1v) is 11.7. The Balaban J connectivity index is 1.12. The van der Waals surface area contributed by atoms with Crippen LogP contribution in [0.1, 0.15) is 26.2 Å². The van der Waals surface area contributed by atoms with E-state index in [2.05, 4.69) is 57.7 Å². The summed E-state index contributed by atoms with van der Waals surface area (Å²) < 4.78 is 0. The fourth-order valence-corrected chi connectivity index (χ4v) is 4.83. The molecule has 1 aromatic carbocycles. The molecule has 3 fully saturated rings. The van der Waals surface area contributed by atoms with Crippen molar-refractivity contribution in [1.29, 1.82) is 0 Å². The van der Waals surface area contributed by atoms with Crippen LogP contribution in [0, 0.1) is 0 Å². The van der Waals surface area contributed by atoms with Crippen molar-refractivity contribution < 1.29 is 9.59 Å². The number of amides is 4. The van der Waals surface area contributed by atoms with Crippen LogP contribution in [-0.2, 0) is 0 Å². The number of urea groups is 2. The summed E-state index contributed by atoms with van der Waals surface area (Å²) in [6, 6.07) is 11.1. The van der Waals surface area contributed by atoms with Gasteiger partial charge in [-0.25, -0.2) is 9.59 Å². The molecule has 0 radical (unpaired) electrons. The molecule has 1 atom stereocenters. The SMILES string of the molecule is C[C@H](CCN1CCN(c2ccccc2)CC1)NC(=O)N1CCC(N2CCNC2=O)CC1. The highest BCUT2D eigenvalue weighted by molar-refractivity contribution is 5.77. The maximum atomic E-state index is 12.7. The first kappa shape index (κ1) is 21.7. The van der Waals surface area contributed by atoms with Crippen LogP contribution in [0.15, 0.2) is 30.3 Å². The van der Waals surface area contributed by atoms with Crippen LogP contribution in [0.4, 0.5) is 15.3 Å². The molecule has 4 amide bonds. The summed E-state index contributed by atoms with van der Waals surface area (Å²) >= 11 is 0. The largest absolute Gasteiger partial charge is 0.369 e. The van der Waals surface area contributed by atoms with E-state index in [-0.39, 0.29) is 24.1 Å². The van der Waals surface area contributed by atoms with Gasteiger partial charge in [-0.3, -0.25) is 4.90 Å². The number of likely N-dealkylation sites (tertiary alicyclic amines) is 1. The predicted octanol–water partition coefficient (Wildman–Crippen LogP) is 1.79. The number of hydrogen-bond acceptors (Lipinski definition) is 4. The second-order valence-corrected chi connectivity index (χ2v) is 8.95. The van der Waals surface area contributed by atoms with Crippen molar-refractivity contribution in [3.05, 3.63) is 30.3 Å². The lowest BCUT2D eigenvalue weighted by Gasteiger charge is -2.37. The lowest BCUT2D eigenvalue weighted by atomic mass is 10.0. The Morgan fingerprint density at radius 3 is 2.42 bits per heavy atom. The first-order chi connectivity index (χ1) is 15.1. The molecular formula is C23H36N6O2. The monoisotopic (exact) mass is 428 g/mol. The zero-order valence-electron chi connectivity index (χ0n) is 18.6. The molecule has 0 aromatic heterocycles. The van der Waals surface area contributed by atoms with E-state index >= 15 is 0 Å². The Morgan fingerprint density at radius 1 is 1.06 bits per heavy atom. The second kappa shape index (κ2) is 10.2. The van der Waals surface area contributed by atoms with Gasteiger partial charge in [0, 0.05) is 76.7 Å². The third kappa shape index (κ3) is 5.61. The number of nitrogens with zero attached hydrogens (tertiary/aromatic N) is 4. The number of carbonyl (C=O) groups is 2. The molecule has 4 rings (SSSR count). The number of nitrogens with one attached hydrogen (secondary N) is 2. The van der Waals surface area contributed by atoms with Crippen LogP contribution >= 0.6 is 0 Å². The highest BCUT2D eigenvalue weighted by Crippen LogP contribution is 2.19. The van der Waals surface area contributed by atoms with E-state index in [9.17, 15) is 9.59 Å². The number of hydrogen-bond donors (Lipinski definition) is 2. The molecule has 0 saturated carbocycles. The van der Waals surface area contributed by atoms with Crippen LogP contribution in [0.25, 0.3) is 0 Å². The molecule has 31 heavy (non-hydrogen) atoms. The van der Waals surface area contributed by atoms with Crippen molar-refractivity contribution in [3.8, 4) is 0 Å². The average molecular weight is 429 g/mol. The highest BCUT2D eigenvalue weighted by Gasteiger charge is 2.32. The maximum Gasteiger partial charge on any atom is 0.317 e. The van der Waals surface area contributed by atoms with Crippen LogP contribution < -0.4 is 15.5 Å². The summed E-state index contributed by atoms with van der Waals surface area (Å²) in [5.41, 5.74) is 1.30. The molecular weight excluding hydrogens is 392 g/mol. The van der Waals surface area contributed by atoms with Gasteiger partial charge in [0.15, 0.2) is 0 Å². The van der Waals surface area contributed by atoms with Crippen LogP contribution in [0.2, 0.25) is 0 Å². The molecule has 8 nitrogen and oxygen atoms in total. The van der Waals surface area contributed by atoms with E-state index < -0.39 is 0 Å². The summed E-state index contributed by atoms with van der Waals surface area (Å²) in [6.07, 6.45) is 2.68. The van der Waals surface area contributed by atoms with Gasteiger partial charge in [-0.1, -0.05) is 18.2 Å². The number of carbonyl (C=O) groups excluding carboxylic acids is 2. The Kier molecular flexibility index (Phi) is 7.17. The normalized spacial score (nSPS) is 21.8. The Morgan fingerprint density at radius 2 is 1.77 bits per heavy atom. The van der Waals surface area contributed by atoms with E-state index in [1.54, 1.807) is 0 Å². The van der Waals surface area contributed by atoms with Gasteiger partial charge >= 0.3 is 12.1 Å². The summed E-state index contributed by atoms with van der Waals surface area (Å²) in [5, 5.41) is 6.04. The van der Waals surface area contributed by atoms with E-state index in [1.807, 2.05) is 9.80 Å². The fraction of sp³-hybridized carbons (Fsp3) is 0.652. The Hall–Kier alpha value is -2.48. The molecule has 3 aliphatic rings. The predicted molar refractivity (Wildman–Crippen MR) is 122 cm³/mol. The zero-order chi connectivity index (χ0) is 21.6. The third-order valence-electron chi connectivity index (χ3n) is 6.82. The summed E-state index contributed by atoms with van der Waals surface area (Å²) in [6.45, 7) is 10.3. The van der Waals surface area contributed by atoms with Crippen molar-refractivity contribution >= 4 is 17.7 Å². The average Bonchev–Trinajstić information content (AvgIpc) is 3.24. The minimum Gasteiger partial charge on any atom is -0.369 e. The van der Waals surface area contributed by atoms with E-state index in [4.69, 9.17) is 0 Å². The van der Waals surface area contributed by atoms with Gasteiger partial charge in [-0.05, 0) is 38.3 Å². The number of para-hydroxylation sites is 1. The molecule has 170 valence electrons. The molecule has 0 aliphatic carbocycles. The number of anilines is 1. The molecule has 3 heterocycles. The van der Waals surface area contributed by atoms with Gasteiger partial charge < -0.3 is 25.3 Å². The quantitative estimate of drug-likeness (QED) is 0.725. The minimum atomic E-state index is 0.0331. The van der Waals surface area contributed by atoms with Crippen molar-refractivity contribution in [1.82, 2.24) is 25.3 Å². The van der Waals surface area contributed by atoms with Gasteiger partial charge in [0.1, 0.15) is 0 Å². The Labute approximate surface area is 185 Å². The minimum absolute atomic E-state index is 0.0331. The second-order valence-electron chi connectivity index (χ2n) is 8.95. The van der Waals surface area contributed by atoms with Gasteiger partial charge in [-0.2, -0.15) is 0 Å². The van der Waals surface area contributed by atoms with Crippen molar-refractivity contribution in [3.63, 3.8) is 0 Å². The molecule has 3 saturated heterocycles. The number of piperazine rings is 1. The summed E-state index contributed by atoms with van der Waals surface area (Å²) in [5.74, 6) is 0. The number of benzene rings is 1. The van der Waals surface area contributed by atoms with Crippen LogP contribution in [0.5, 0.6) is 0 Å². The third-order valence-corrected chi connectivity index (χ3v) is 6.82. The van der Waals surface area contributed by atoms with Crippen molar-refractivity contribution in [2.75, 3.05) is 63.8 Å². The van der Waals surface area contributed by atoms with E-state index in [1.165, 1.54) is 5.69 Å². The maximum absolute atomic E-state index is 12.7. The lowest BCUT2D eigenvalue weighted by molar-refractivity contribution is 0.139. The van der Waals surface area contributed by atoms with Crippen molar-refractivity contribution in [2.24, 2.45) is 0 Å². The summed E-state index contributed by atoms with van der Waals surface area (Å²) in [4.78, 5) is 33.3. The van der Waals surface area contributed by atoms with E-state index in [0.29, 0.717) is 13.1 Å². The van der Waals surface area contributed by atoms with Crippen molar-refractivity contribution in [2.45, 2.75) is 38.3 Å². The highest BCUT2D eigenvalue weighted by atomic mass is 16.2. The molecule has 2 N–H and O–H groups in total. The van der Waals surface area contributed by atoms with Gasteiger partial charge in [0.25, 0.3) is 0 Å². The zero-order valence-corrected chi connectivity index (χ0v) is 18.6. The standard InChI is InChI=1S/C23H36N6O2/c1-19(7-11-26-15-17-27(18-16-26)20-5-3-2-4-6-20)25-23(31)28-12-8-21(9-13-28)29-14-10-24-22(29)30/h2-6,19,21H,7-18H2,1H3,(H,24,30)(H,25,31)/t19-/m1/s1. The van der Waals surface area contributed by atoms with Gasteiger partial charge in [-0.15, -0.1) is 0 Å². The molecule has 1 aromatic rings. The topological polar surface area (TPSA) is 71.2 Å². The smallest absolute Gasteiger partial charge is 0.317 e. The Bertz CT molecular complexity index is 729. The van der Waals surface area contributed by atoms with Gasteiger partial charge in [0.2, 0.25) is 0 Å². The molecule has 3 aliphatic heterocycles. The van der Waals surface area contributed by atoms with E-state index in [0.717, 1.165) is 65.1 Å². The fourth-order valence-electron chi connectivity index (χ4n) is 4.83.